The molecule has 1 aliphatic carbocycles. The summed E-state index contributed by atoms with van der Waals surface area (Å²) in [6.45, 7) is 7.31. The van der Waals surface area contributed by atoms with Crippen molar-refractivity contribution >= 4 is 17.4 Å². The number of likely N-dealkylation sites (tertiary alicyclic amines) is 1. The lowest BCUT2D eigenvalue weighted by Crippen LogP contribution is -2.45. The number of piperidine rings is 1. The number of nitrogens with zero attached hydrogens (tertiary/aromatic N) is 1. The fourth-order valence-electron chi connectivity index (χ4n) is 4.06. The van der Waals surface area contributed by atoms with Gasteiger partial charge in [-0.25, -0.2) is 4.79 Å². The molecule has 0 unspecified atom stereocenters. The zero-order valence-electron chi connectivity index (χ0n) is 17.0. The van der Waals surface area contributed by atoms with Crippen LogP contribution in [0.2, 0.25) is 0 Å². The van der Waals surface area contributed by atoms with E-state index in [1.165, 1.54) is 11.1 Å². The monoisotopic (exact) mass is 372 g/mol. The second-order valence-corrected chi connectivity index (χ2v) is 8.86. The van der Waals surface area contributed by atoms with E-state index in [0.29, 0.717) is 11.1 Å². The highest BCUT2D eigenvalue weighted by molar-refractivity contribution is 5.71. The molecule has 1 heterocycles. The Morgan fingerprint density at radius 2 is 1.89 bits per heavy atom. The van der Waals surface area contributed by atoms with Gasteiger partial charge in [-0.2, -0.15) is 0 Å². The average molecular weight is 373 g/mol. The van der Waals surface area contributed by atoms with Crippen LogP contribution in [-0.4, -0.2) is 36.8 Å². The van der Waals surface area contributed by atoms with Gasteiger partial charge in [0.05, 0.1) is 12.8 Å². The maximum Gasteiger partial charge on any atom is 0.410 e. The molecule has 0 bridgehead atoms. The topological polar surface area (TPSA) is 64.8 Å². The second-order valence-electron chi connectivity index (χ2n) is 8.86. The maximum atomic E-state index is 12.3. The smallest absolute Gasteiger partial charge is 0.410 e. The Balaban J connectivity index is 1.61. The molecule has 0 atom stereocenters. The highest BCUT2D eigenvalue weighted by atomic mass is 16.6. The van der Waals surface area contributed by atoms with Gasteiger partial charge in [0.1, 0.15) is 11.4 Å². The van der Waals surface area contributed by atoms with Gasteiger partial charge in [0.25, 0.3) is 0 Å². The van der Waals surface area contributed by atoms with Gasteiger partial charge in [0.2, 0.25) is 0 Å². The molecule has 2 N–H and O–H groups in total. The Kier molecular flexibility index (Phi) is 5.41. The fourth-order valence-corrected chi connectivity index (χ4v) is 4.06. The van der Waals surface area contributed by atoms with Crippen LogP contribution in [0.4, 0.5) is 10.5 Å². The zero-order valence-corrected chi connectivity index (χ0v) is 17.0. The second kappa shape index (κ2) is 7.45. The van der Waals surface area contributed by atoms with Crippen LogP contribution >= 0.6 is 0 Å². The molecule has 2 aliphatic rings. The zero-order chi connectivity index (χ0) is 19.7. The van der Waals surface area contributed by atoms with Gasteiger partial charge in [-0.05, 0) is 81.6 Å². The van der Waals surface area contributed by atoms with Crippen LogP contribution in [-0.2, 0) is 4.74 Å². The first-order valence-corrected chi connectivity index (χ1v) is 9.82. The van der Waals surface area contributed by atoms with Gasteiger partial charge in [-0.1, -0.05) is 12.1 Å². The van der Waals surface area contributed by atoms with Crippen LogP contribution in [0.25, 0.3) is 5.57 Å². The molecule has 1 fully saturated rings. The normalized spacial score (nSPS) is 19.6. The molecule has 1 amide bonds. The summed E-state index contributed by atoms with van der Waals surface area (Å²) >= 11 is 0. The van der Waals surface area contributed by atoms with E-state index >= 15 is 0 Å². The van der Waals surface area contributed by atoms with Gasteiger partial charge in [-0.3, -0.25) is 0 Å². The third kappa shape index (κ3) is 4.57. The Hall–Kier alpha value is -2.17. The number of ether oxygens (including phenoxy) is 2. The number of allylic oxidation sites excluding steroid dienone is 2. The van der Waals surface area contributed by atoms with E-state index in [0.717, 1.165) is 50.9 Å². The van der Waals surface area contributed by atoms with Crippen molar-refractivity contribution in [1.82, 2.24) is 4.90 Å². The summed E-state index contributed by atoms with van der Waals surface area (Å²) in [4.78, 5) is 14.1. The average Bonchev–Trinajstić information content (AvgIpc) is 2.62. The van der Waals surface area contributed by atoms with Crippen molar-refractivity contribution in [1.29, 1.82) is 0 Å². The molecular formula is C22H32N2O3. The summed E-state index contributed by atoms with van der Waals surface area (Å²) < 4.78 is 10.9. The van der Waals surface area contributed by atoms with E-state index < -0.39 is 5.60 Å². The Morgan fingerprint density at radius 3 is 2.44 bits per heavy atom. The van der Waals surface area contributed by atoms with Crippen molar-refractivity contribution < 1.29 is 14.3 Å². The number of methoxy groups -OCH3 is 1. The van der Waals surface area contributed by atoms with Gasteiger partial charge in [-0.15, -0.1) is 0 Å². The van der Waals surface area contributed by atoms with Crippen molar-refractivity contribution in [2.45, 2.75) is 58.5 Å². The van der Waals surface area contributed by atoms with E-state index in [9.17, 15) is 4.79 Å². The quantitative estimate of drug-likeness (QED) is 0.753. The number of benzene rings is 1. The summed E-state index contributed by atoms with van der Waals surface area (Å²) in [5.74, 6) is 0.736. The minimum absolute atomic E-state index is 0.182. The van der Waals surface area contributed by atoms with Crippen LogP contribution in [0.1, 0.15) is 58.4 Å². The van der Waals surface area contributed by atoms with E-state index in [2.05, 4.69) is 12.1 Å². The SMILES string of the molecule is COc1cc(C2=CCC3(CC2)CCN(C(=O)OC(C)(C)C)CC3)ccc1N. The Bertz CT molecular complexity index is 726. The molecule has 0 radical (unpaired) electrons. The molecule has 1 aromatic carbocycles. The predicted octanol–water partition coefficient (Wildman–Crippen LogP) is 4.86. The van der Waals surface area contributed by atoms with Gasteiger partial charge in [0, 0.05) is 13.1 Å². The summed E-state index contributed by atoms with van der Waals surface area (Å²) in [7, 11) is 1.65. The number of nitrogens with two attached hydrogens (primary N) is 1. The lowest BCUT2D eigenvalue weighted by molar-refractivity contribution is 0.00896. The molecule has 5 heteroatoms. The molecular weight excluding hydrogens is 340 g/mol. The third-order valence-corrected chi connectivity index (χ3v) is 5.79. The van der Waals surface area contributed by atoms with Crippen LogP contribution in [0.3, 0.4) is 0 Å². The number of carbonyl (C=O) groups excluding carboxylic acids is 1. The molecule has 5 nitrogen and oxygen atoms in total. The summed E-state index contributed by atoms with van der Waals surface area (Å²) in [6.07, 6.45) is 7.56. The number of anilines is 1. The highest BCUT2D eigenvalue weighted by Crippen LogP contribution is 2.46. The predicted molar refractivity (Wildman–Crippen MR) is 109 cm³/mol. The molecule has 0 aromatic heterocycles. The number of amides is 1. The fraction of sp³-hybridized carbons (Fsp3) is 0.591. The summed E-state index contributed by atoms with van der Waals surface area (Å²) in [6, 6.07) is 6.02. The number of carbonyl (C=O) groups is 1. The third-order valence-electron chi connectivity index (χ3n) is 5.79. The molecule has 1 aliphatic heterocycles. The van der Waals surface area contributed by atoms with E-state index in [4.69, 9.17) is 15.2 Å². The molecule has 1 aromatic rings. The lowest BCUT2D eigenvalue weighted by atomic mass is 9.68. The van der Waals surface area contributed by atoms with Gasteiger partial charge in [0.15, 0.2) is 0 Å². The molecule has 0 saturated carbocycles. The number of rotatable bonds is 2. The molecule has 148 valence electrons. The van der Waals surface area contributed by atoms with Crippen LogP contribution in [0.15, 0.2) is 24.3 Å². The minimum atomic E-state index is -0.436. The van der Waals surface area contributed by atoms with Crippen LogP contribution in [0.5, 0.6) is 5.75 Å². The standard InChI is InChI=1S/C22H32N2O3/c1-21(2,3)27-20(25)24-13-11-22(12-14-24)9-7-16(8-10-22)17-5-6-18(23)19(15-17)26-4/h5-7,15H,8-14,23H2,1-4H3. The first-order chi connectivity index (χ1) is 12.7. The summed E-state index contributed by atoms with van der Waals surface area (Å²) in [5.41, 5.74) is 9.05. The van der Waals surface area contributed by atoms with Crippen molar-refractivity contribution in [2.75, 3.05) is 25.9 Å². The maximum absolute atomic E-state index is 12.3. The first-order valence-electron chi connectivity index (χ1n) is 9.82. The minimum Gasteiger partial charge on any atom is -0.495 e. The van der Waals surface area contributed by atoms with Crippen molar-refractivity contribution in [3.63, 3.8) is 0 Å². The number of hydrogen-bond acceptors (Lipinski definition) is 4. The van der Waals surface area contributed by atoms with Crippen molar-refractivity contribution in [2.24, 2.45) is 5.41 Å². The molecule has 1 saturated heterocycles. The Morgan fingerprint density at radius 1 is 1.19 bits per heavy atom. The Labute approximate surface area is 162 Å². The van der Waals surface area contributed by atoms with E-state index in [1.807, 2.05) is 37.8 Å². The van der Waals surface area contributed by atoms with Crippen molar-refractivity contribution in [3.05, 3.63) is 29.8 Å². The number of nitrogen functional groups attached to an aromatic ring is 1. The van der Waals surface area contributed by atoms with Crippen molar-refractivity contribution in [3.8, 4) is 5.75 Å². The van der Waals surface area contributed by atoms with Crippen LogP contribution in [0, 0.1) is 5.41 Å². The van der Waals surface area contributed by atoms with E-state index in [1.54, 1.807) is 7.11 Å². The number of hydrogen-bond donors (Lipinski definition) is 1. The molecule has 27 heavy (non-hydrogen) atoms. The van der Waals surface area contributed by atoms with Crippen LogP contribution < -0.4 is 10.5 Å². The van der Waals surface area contributed by atoms with Gasteiger partial charge >= 0.3 is 6.09 Å². The molecule has 3 rings (SSSR count). The van der Waals surface area contributed by atoms with Gasteiger partial charge < -0.3 is 20.1 Å². The summed E-state index contributed by atoms with van der Waals surface area (Å²) in [5, 5.41) is 0. The molecule has 1 spiro atoms. The largest absolute Gasteiger partial charge is 0.495 e. The lowest BCUT2D eigenvalue weighted by Gasteiger charge is -2.43. The van der Waals surface area contributed by atoms with E-state index in [-0.39, 0.29) is 6.09 Å². The highest BCUT2D eigenvalue weighted by Gasteiger charge is 2.37. The first kappa shape index (κ1) is 19.6.